The van der Waals surface area contributed by atoms with Crippen molar-refractivity contribution in [3.63, 3.8) is 0 Å². The third-order valence-corrected chi connectivity index (χ3v) is 4.55. The first-order chi connectivity index (χ1) is 13.2. The van der Waals surface area contributed by atoms with Crippen molar-refractivity contribution in [1.29, 1.82) is 0 Å². The number of pyridine rings is 1. The van der Waals surface area contributed by atoms with Gasteiger partial charge < -0.3 is 5.32 Å². The van der Waals surface area contributed by atoms with Gasteiger partial charge in [0.15, 0.2) is 0 Å². The number of hydrogen-bond acceptors (Lipinski definition) is 3. The van der Waals surface area contributed by atoms with Crippen LogP contribution >= 0.6 is 11.6 Å². The van der Waals surface area contributed by atoms with Gasteiger partial charge in [-0.25, -0.2) is 4.39 Å². The summed E-state index contributed by atoms with van der Waals surface area (Å²) in [6, 6.07) is 16.0. The van der Waals surface area contributed by atoms with E-state index >= 15 is 0 Å². The summed E-state index contributed by atoms with van der Waals surface area (Å²) >= 11 is 6.13. The number of fused-ring (bicyclic) bond motifs is 1. The Kier molecular flexibility index (Phi) is 4.85. The minimum atomic E-state index is -0.302. The molecule has 27 heavy (non-hydrogen) atoms. The van der Waals surface area contributed by atoms with Gasteiger partial charge in [-0.2, -0.15) is 5.10 Å². The average Bonchev–Trinajstić information content (AvgIpc) is 3.10. The number of hydrogen-bond donors (Lipinski definition) is 2. The van der Waals surface area contributed by atoms with Crippen LogP contribution in [-0.2, 0) is 6.54 Å². The highest BCUT2D eigenvalue weighted by atomic mass is 35.5. The van der Waals surface area contributed by atoms with E-state index in [1.165, 1.54) is 12.1 Å². The molecule has 0 saturated carbocycles. The summed E-state index contributed by atoms with van der Waals surface area (Å²) in [4.78, 5) is 4.28. The van der Waals surface area contributed by atoms with E-state index in [0.717, 1.165) is 28.0 Å². The largest absolute Gasteiger partial charge is 0.381 e. The highest BCUT2D eigenvalue weighted by Crippen LogP contribution is 2.24. The number of H-pyrrole nitrogens is 1. The zero-order valence-electron chi connectivity index (χ0n) is 14.3. The lowest BCUT2D eigenvalue weighted by Gasteiger charge is -2.08. The fourth-order valence-corrected chi connectivity index (χ4v) is 2.97. The Hall–Kier alpha value is -3.18. The Labute approximate surface area is 160 Å². The van der Waals surface area contributed by atoms with E-state index in [9.17, 15) is 4.39 Å². The lowest BCUT2D eigenvalue weighted by Crippen LogP contribution is -2.00. The molecule has 0 saturated heterocycles. The smallest absolute Gasteiger partial charge is 0.123 e. The summed E-state index contributed by atoms with van der Waals surface area (Å²) in [7, 11) is 0. The SMILES string of the molecule is Fc1ccc(Cl)c(CNc2ccc3n[nH]c(/C=C/c4ccccn4)c3c2)c1. The summed E-state index contributed by atoms with van der Waals surface area (Å²) < 4.78 is 13.4. The van der Waals surface area contributed by atoms with Gasteiger partial charge in [0, 0.05) is 28.8 Å². The third kappa shape index (κ3) is 3.99. The zero-order chi connectivity index (χ0) is 18.6. The lowest BCUT2D eigenvalue weighted by molar-refractivity contribution is 0.626. The molecule has 0 aliphatic rings. The Balaban J connectivity index is 1.56. The van der Waals surface area contributed by atoms with Gasteiger partial charge in [0.1, 0.15) is 5.82 Å². The molecule has 0 aliphatic carbocycles. The molecule has 0 bridgehead atoms. The van der Waals surface area contributed by atoms with Gasteiger partial charge in [0.25, 0.3) is 0 Å². The van der Waals surface area contributed by atoms with Gasteiger partial charge >= 0.3 is 0 Å². The second-order valence-corrected chi connectivity index (χ2v) is 6.45. The Morgan fingerprint density at radius 2 is 2.00 bits per heavy atom. The van der Waals surface area contributed by atoms with Crippen molar-refractivity contribution in [2.75, 3.05) is 5.32 Å². The molecule has 2 aromatic carbocycles. The van der Waals surface area contributed by atoms with Crippen molar-refractivity contribution in [2.45, 2.75) is 6.54 Å². The Morgan fingerprint density at radius 3 is 2.85 bits per heavy atom. The number of nitrogens with zero attached hydrogens (tertiary/aromatic N) is 2. The maximum absolute atomic E-state index is 13.4. The van der Waals surface area contributed by atoms with Crippen LogP contribution < -0.4 is 5.32 Å². The highest BCUT2D eigenvalue weighted by Gasteiger charge is 2.06. The van der Waals surface area contributed by atoms with E-state index in [0.29, 0.717) is 17.1 Å². The predicted molar refractivity (Wildman–Crippen MR) is 108 cm³/mol. The lowest BCUT2D eigenvalue weighted by atomic mass is 10.1. The molecule has 0 spiro atoms. The van der Waals surface area contributed by atoms with Crippen LogP contribution in [0.4, 0.5) is 10.1 Å². The minimum absolute atomic E-state index is 0.302. The van der Waals surface area contributed by atoms with Gasteiger partial charge in [-0.3, -0.25) is 10.1 Å². The van der Waals surface area contributed by atoms with Crippen LogP contribution in [0.2, 0.25) is 5.02 Å². The second kappa shape index (κ2) is 7.60. The van der Waals surface area contributed by atoms with E-state index in [2.05, 4.69) is 20.5 Å². The van der Waals surface area contributed by atoms with Gasteiger partial charge in [0.05, 0.1) is 16.9 Å². The van der Waals surface area contributed by atoms with E-state index in [4.69, 9.17) is 11.6 Å². The molecule has 4 nitrogen and oxygen atoms in total. The van der Waals surface area contributed by atoms with Crippen LogP contribution in [0.25, 0.3) is 23.1 Å². The second-order valence-electron chi connectivity index (χ2n) is 6.05. The summed E-state index contributed by atoms with van der Waals surface area (Å²) in [5.74, 6) is -0.302. The van der Waals surface area contributed by atoms with Gasteiger partial charge in [-0.15, -0.1) is 0 Å². The van der Waals surface area contributed by atoms with Crippen LogP contribution in [0.15, 0.2) is 60.8 Å². The molecule has 0 unspecified atom stereocenters. The highest BCUT2D eigenvalue weighted by molar-refractivity contribution is 6.31. The van der Waals surface area contributed by atoms with E-state index < -0.39 is 0 Å². The summed E-state index contributed by atoms with van der Waals surface area (Å²) in [5.41, 5.74) is 4.24. The van der Waals surface area contributed by atoms with Crippen molar-refractivity contribution in [2.24, 2.45) is 0 Å². The van der Waals surface area contributed by atoms with Crippen molar-refractivity contribution in [1.82, 2.24) is 15.2 Å². The molecule has 2 aromatic heterocycles. The third-order valence-electron chi connectivity index (χ3n) is 4.18. The standard InChI is InChI=1S/C21H16ClFN4/c22-19-7-4-15(23)11-14(19)13-25-17-6-9-21-18(12-17)20(26-27-21)8-5-16-3-1-2-10-24-16/h1-12,25H,13H2,(H,26,27)/b8-5+. The van der Waals surface area contributed by atoms with Gasteiger partial charge in [-0.05, 0) is 66.2 Å². The van der Waals surface area contributed by atoms with Gasteiger partial charge in [0.2, 0.25) is 0 Å². The van der Waals surface area contributed by atoms with Crippen LogP contribution in [0.5, 0.6) is 0 Å². The first-order valence-corrected chi connectivity index (χ1v) is 8.82. The molecular formula is C21H16ClFN4. The maximum Gasteiger partial charge on any atom is 0.123 e. The van der Waals surface area contributed by atoms with Crippen LogP contribution in [-0.4, -0.2) is 15.2 Å². The number of halogens is 2. The zero-order valence-corrected chi connectivity index (χ0v) is 15.0. The van der Waals surface area contributed by atoms with E-state index in [1.807, 2.05) is 48.6 Å². The number of anilines is 1. The number of rotatable bonds is 5. The van der Waals surface area contributed by atoms with Gasteiger partial charge in [-0.1, -0.05) is 17.7 Å². The van der Waals surface area contributed by atoms with Crippen molar-refractivity contribution >= 4 is 40.3 Å². The monoisotopic (exact) mass is 378 g/mol. The van der Waals surface area contributed by atoms with Crippen LogP contribution in [0.1, 0.15) is 17.0 Å². The average molecular weight is 379 g/mol. The molecule has 0 amide bonds. The molecule has 6 heteroatoms. The molecule has 4 rings (SSSR count). The molecule has 0 radical (unpaired) electrons. The van der Waals surface area contributed by atoms with Crippen molar-refractivity contribution < 1.29 is 4.39 Å². The van der Waals surface area contributed by atoms with Crippen LogP contribution in [0, 0.1) is 5.82 Å². The molecular weight excluding hydrogens is 363 g/mol. The van der Waals surface area contributed by atoms with E-state index in [-0.39, 0.29) is 5.82 Å². The molecule has 4 aromatic rings. The Bertz CT molecular complexity index is 1110. The topological polar surface area (TPSA) is 53.6 Å². The summed E-state index contributed by atoms with van der Waals surface area (Å²) in [6.45, 7) is 0.430. The van der Waals surface area contributed by atoms with Crippen molar-refractivity contribution in [3.05, 3.63) is 88.6 Å². The molecule has 2 heterocycles. The Morgan fingerprint density at radius 1 is 1.07 bits per heavy atom. The molecule has 2 N–H and O–H groups in total. The molecule has 0 atom stereocenters. The summed E-state index contributed by atoms with van der Waals surface area (Å²) in [6.07, 6.45) is 5.63. The maximum atomic E-state index is 13.4. The number of nitrogens with one attached hydrogen (secondary N) is 2. The predicted octanol–water partition coefficient (Wildman–Crippen LogP) is 5.53. The molecule has 0 aliphatic heterocycles. The van der Waals surface area contributed by atoms with E-state index in [1.54, 1.807) is 12.3 Å². The molecule has 0 fully saturated rings. The number of benzene rings is 2. The normalized spacial score (nSPS) is 11.3. The quantitative estimate of drug-likeness (QED) is 0.480. The number of aromatic amines is 1. The fourth-order valence-electron chi connectivity index (χ4n) is 2.79. The minimum Gasteiger partial charge on any atom is -0.381 e. The number of aromatic nitrogens is 3. The first-order valence-electron chi connectivity index (χ1n) is 8.44. The van der Waals surface area contributed by atoms with Crippen LogP contribution in [0.3, 0.4) is 0 Å². The van der Waals surface area contributed by atoms with Crippen molar-refractivity contribution in [3.8, 4) is 0 Å². The molecule has 134 valence electrons. The fraction of sp³-hybridized carbons (Fsp3) is 0.0476. The first kappa shape index (κ1) is 17.2. The summed E-state index contributed by atoms with van der Waals surface area (Å²) in [5, 5.41) is 12.2.